The first-order valence-corrected chi connectivity index (χ1v) is 8.44. The molecule has 1 aromatic carbocycles. The number of nitrogens with one attached hydrogen (secondary N) is 1. The third kappa shape index (κ3) is 6.25. The van der Waals surface area contributed by atoms with Gasteiger partial charge in [0.1, 0.15) is 11.6 Å². The number of carbonyl (C=O) groups is 1. The lowest BCUT2D eigenvalue weighted by Gasteiger charge is -2.06. The predicted molar refractivity (Wildman–Crippen MR) is 95.5 cm³/mol. The molecule has 0 amide bonds. The molecule has 0 bridgehead atoms. The molecule has 0 atom stereocenters. The van der Waals surface area contributed by atoms with E-state index in [1.54, 1.807) is 18.5 Å². The van der Waals surface area contributed by atoms with Gasteiger partial charge in [0.05, 0.1) is 19.4 Å². The standard InChI is InChI=1S/C16H20N4O3S/c1-2-22-15(21)7-4-8-23-13-6-3-5-12(9-13)10-18-20-16-19-14(17)11-24-16/h3,5-6,9-11H,2,4,7-8,17H2,1H3,(H,19,20). The van der Waals surface area contributed by atoms with Gasteiger partial charge < -0.3 is 15.2 Å². The fraction of sp³-hybridized carbons (Fsp3) is 0.312. The number of nitrogen functional groups attached to an aromatic ring is 1. The van der Waals surface area contributed by atoms with Crippen LogP contribution in [0.4, 0.5) is 10.9 Å². The van der Waals surface area contributed by atoms with Crippen molar-refractivity contribution in [1.29, 1.82) is 0 Å². The average molecular weight is 348 g/mol. The molecule has 8 heteroatoms. The number of anilines is 2. The van der Waals surface area contributed by atoms with Crippen molar-refractivity contribution in [2.45, 2.75) is 19.8 Å². The van der Waals surface area contributed by atoms with E-state index in [2.05, 4.69) is 15.5 Å². The van der Waals surface area contributed by atoms with Crippen LogP contribution in [0.25, 0.3) is 0 Å². The molecule has 7 nitrogen and oxygen atoms in total. The summed E-state index contributed by atoms with van der Waals surface area (Å²) in [6.45, 7) is 2.65. The molecule has 0 fully saturated rings. The minimum atomic E-state index is -0.198. The van der Waals surface area contributed by atoms with Crippen molar-refractivity contribution >= 4 is 34.5 Å². The molecular formula is C16H20N4O3S. The van der Waals surface area contributed by atoms with Gasteiger partial charge >= 0.3 is 5.97 Å². The van der Waals surface area contributed by atoms with Crippen molar-refractivity contribution in [3.63, 3.8) is 0 Å². The van der Waals surface area contributed by atoms with Crippen LogP contribution in [0, 0.1) is 0 Å². The van der Waals surface area contributed by atoms with Crippen LogP contribution < -0.4 is 15.9 Å². The van der Waals surface area contributed by atoms with Crippen molar-refractivity contribution in [3.8, 4) is 5.75 Å². The number of ether oxygens (including phenoxy) is 2. The maximum absolute atomic E-state index is 11.2. The summed E-state index contributed by atoms with van der Waals surface area (Å²) in [4.78, 5) is 15.3. The Morgan fingerprint density at radius 3 is 3.12 bits per heavy atom. The fourth-order valence-electron chi connectivity index (χ4n) is 1.82. The molecule has 0 aliphatic carbocycles. The Morgan fingerprint density at radius 2 is 2.38 bits per heavy atom. The molecule has 0 saturated heterocycles. The van der Waals surface area contributed by atoms with Gasteiger partial charge in [-0.25, -0.2) is 4.98 Å². The van der Waals surface area contributed by atoms with Crippen molar-refractivity contribution in [2.24, 2.45) is 5.10 Å². The highest BCUT2D eigenvalue weighted by Gasteiger charge is 2.02. The second-order valence-corrected chi connectivity index (χ2v) is 5.64. The second kappa shape index (κ2) is 9.51. The van der Waals surface area contributed by atoms with Crippen molar-refractivity contribution in [3.05, 3.63) is 35.2 Å². The Labute approximate surface area is 144 Å². The highest BCUT2D eigenvalue weighted by Crippen LogP contribution is 2.16. The minimum absolute atomic E-state index is 0.198. The first-order valence-electron chi connectivity index (χ1n) is 7.56. The number of carbonyl (C=O) groups excluding carboxylic acids is 1. The highest BCUT2D eigenvalue weighted by atomic mass is 32.1. The third-order valence-electron chi connectivity index (χ3n) is 2.85. The Kier molecular flexibility index (Phi) is 7.03. The molecule has 24 heavy (non-hydrogen) atoms. The molecule has 1 heterocycles. The minimum Gasteiger partial charge on any atom is -0.494 e. The van der Waals surface area contributed by atoms with E-state index in [9.17, 15) is 4.79 Å². The molecule has 128 valence electrons. The number of nitrogens with zero attached hydrogens (tertiary/aromatic N) is 2. The fourth-order valence-corrected chi connectivity index (χ4v) is 2.37. The zero-order chi connectivity index (χ0) is 17.2. The van der Waals surface area contributed by atoms with E-state index in [1.165, 1.54) is 11.3 Å². The molecule has 2 rings (SSSR count). The molecule has 0 spiro atoms. The second-order valence-electron chi connectivity index (χ2n) is 4.78. The van der Waals surface area contributed by atoms with Gasteiger partial charge in [-0.2, -0.15) is 5.10 Å². The Hall–Kier alpha value is -2.61. The normalized spacial score (nSPS) is 10.7. The SMILES string of the molecule is CCOC(=O)CCCOc1cccc(C=NNc2nc(N)cs2)c1. The maximum Gasteiger partial charge on any atom is 0.305 e. The van der Waals surface area contributed by atoms with E-state index in [0.29, 0.717) is 37.0 Å². The van der Waals surface area contributed by atoms with E-state index in [1.807, 2.05) is 24.3 Å². The van der Waals surface area contributed by atoms with Crippen LogP contribution in [0.3, 0.4) is 0 Å². The van der Waals surface area contributed by atoms with E-state index in [0.717, 1.165) is 11.3 Å². The average Bonchev–Trinajstić information content (AvgIpc) is 2.98. The van der Waals surface area contributed by atoms with Crippen molar-refractivity contribution in [1.82, 2.24) is 4.98 Å². The summed E-state index contributed by atoms with van der Waals surface area (Å²) in [6.07, 6.45) is 2.64. The predicted octanol–water partition coefficient (Wildman–Crippen LogP) is 2.89. The summed E-state index contributed by atoms with van der Waals surface area (Å²) >= 11 is 1.38. The molecule has 0 radical (unpaired) electrons. The molecule has 0 aliphatic heterocycles. The summed E-state index contributed by atoms with van der Waals surface area (Å²) in [7, 11) is 0. The number of rotatable bonds is 9. The highest BCUT2D eigenvalue weighted by molar-refractivity contribution is 7.14. The number of aromatic nitrogens is 1. The van der Waals surface area contributed by atoms with Crippen LogP contribution in [-0.2, 0) is 9.53 Å². The third-order valence-corrected chi connectivity index (χ3v) is 3.62. The van der Waals surface area contributed by atoms with E-state index in [4.69, 9.17) is 15.2 Å². The molecule has 0 saturated carbocycles. The monoisotopic (exact) mass is 348 g/mol. The largest absolute Gasteiger partial charge is 0.494 e. The number of hydrogen-bond donors (Lipinski definition) is 2. The Bertz CT molecular complexity index is 687. The summed E-state index contributed by atoms with van der Waals surface area (Å²) in [5.41, 5.74) is 9.24. The van der Waals surface area contributed by atoms with Crippen molar-refractivity contribution < 1.29 is 14.3 Å². The zero-order valence-electron chi connectivity index (χ0n) is 13.4. The van der Waals surface area contributed by atoms with Gasteiger partial charge in [0.2, 0.25) is 5.13 Å². The van der Waals surface area contributed by atoms with Crippen LogP contribution in [0.1, 0.15) is 25.3 Å². The zero-order valence-corrected chi connectivity index (χ0v) is 14.2. The van der Waals surface area contributed by atoms with Gasteiger partial charge in [0, 0.05) is 11.8 Å². The lowest BCUT2D eigenvalue weighted by molar-refractivity contribution is -0.143. The van der Waals surface area contributed by atoms with Gasteiger partial charge in [-0.3, -0.25) is 10.2 Å². The molecule has 3 N–H and O–H groups in total. The molecule has 0 aliphatic rings. The molecule has 2 aromatic rings. The van der Waals surface area contributed by atoms with E-state index < -0.39 is 0 Å². The first-order chi connectivity index (χ1) is 11.7. The number of thiazole rings is 1. The van der Waals surface area contributed by atoms with Crippen LogP contribution >= 0.6 is 11.3 Å². The van der Waals surface area contributed by atoms with Gasteiger partial charge in [-0.15, -0.1) is 11.3 Å². The van der Waals surface area contributed by atoms with Crippen LogP contribution in [0.15, 0.2) is 34.7 Å². The number of esters is 1. The van der Waals surface area contributed by atoms with Gasteiger partial charge in [-0.05, 0) is 31.0 Å². The topological polar surface area (TPSA) is 98.8 Å². The number of hydrogen-bond acceptors (Lipinski definition) is 8. The quantitative estimate of drug-likeness (QED) is 0.313. The molecular weight excluding hydrogens is 328 g/mol. The summed E-state index contributed by atoms with van der Waals surface area (Å²) in [6, 6.07) is 7.51. The van der Waals surface area contributed by atoms with Crippen LogP contribution in [0.2, 0.25) is 0 Å². The Morgan fingerprint density at radius 1 is 1.50 bits per heavy atom. The Balaban J connectivity index is 1.77. The summed E-state index contributed by atoms with van der Waals surface area (Å²) in [5.74, 6) is 0.994. The number of hydrazone groups is 1. The molecule has 1 aromatic heterocycles. The van der Waals surface area contributed by atoms with Crippen molar-refractivity contribution in [2.75, 3.05) is 24.4 Å². The lowest BCUT2D eigenvalue weighted by Crippen LogP contribution is -2.06. The van der Waals surface area contributed by atoms with Crippen LogP contribution in [-0.4, -0.2) is 30.4 Å². The lowest BCUT2D eigenvalue weighted by atomic mass is 10.2. The van der Waals surface area contributed by atoms with Gasteiger partial charge in [-0.1, -0.05) is 12.1 Å². The number of nitrogens with two attached hydrogens (primary N) is 1. The smallest absolute Gasteiger partial charge is 0.305 e. The maximum atomic E-state index is 11.2. The summed E-state index contributed by atoms with van der Waals surface area (Å²) < 4.78 is 10.5. The first kappa shape index (κ1) is 17.7. The van der Waals surface area contributed by atoms with Gasteiger partial charge in [0.25, 0.3) is 0 Å². The van der Waals surface area contributed by atoms with Gasteiger partial charge in [0.15, 0.2) is 0 Å². The molecule has 0 unspecified atom stereocenters. The summed E-state index contributed by atoms with van der Waals surface area (Å²) in [5, 5.41) is 6.48. The number of benzene rings is 1. The van der Waals surface area contributed by atoms with Crippen LogP contribution in [0.5, 0.6) is 5.75 Å². The van der Waals surface area contributed by atoms with E-state index in [-0.39, 0.29) is 5.97 Å². The van der Waals surface area contributed by atoms with E-state index >= 15 is 0 Å².